The molecule has 1 aromatic carbocycles. The van der Waals surface area contributed by atoms with E-state index in [9.17, 15) is 4.79 Å². The summed E-state index contributed by atoms with van der Waals surface area (Å²) in [7, 11) is 0. The molecule has 2 atom stereocenters. The maximum absolute atomic E-state index is 12.0. The highest BCUT2D eigenvalue weighted by Crippen LogP contribution is 2.40. The Morgan fingerprint density at radius 1 is 1.30 bits per heavy atom. The van der Waals surface area contributed by atoms with Crippen LogP contribution in [-0.4, -0.2) is 18.5 Å². The number of nitrogens with one attached hydrogen (secondary N) is 1. The first-order valence-electron chi connectivity index (χ1n) is 7.56. The van der Waals surface area contributed by atoms with Gasteiger partial charge in [-0.05, 0) is 36.8 Å². The van der Waals surface area contributed by atoms with Gasteiger partial charge < -0.3 is 11.1 Å². The number of amides is 1. The molecule has 3 heteroatoms. The molecule has 1 saturated carbocycles. The molecule has 1 aliphatic rings. The number of hydrogen-bond donors (Lipinski definition) is 2. The Hall–Kier alpha value is -1.35. The lowest BCUT2D eigenvalue weighted by atomic mass is 9.84. The quantitative estimate of drug-likeness (QED) is 0.803. The maximum atomic E-state index is 12.0. The van der Waals surface area contributed by atoms with Gasteiger partial charge in [-0.15, -0.1) is 0 Å². The van der Waals surface area contributed by atoms with Crippen LogP contribution >= 0.6 is 0 Å². The number of carbonyl (C=O) groups excluding carboxylic acids is 1. The van der Waals surface area contributed by atoms with Crippen LogP contribution in [0.2, 0.25) is 0 Å². The SMILES string of the molecule is CC(C)(CCN)CCC(=O)NC1CC1c1ccccc1. The monoisotopic (exact) mass is 274 g/mol. The zero-order valence-corrected chi connectivity index (χ0v) is 12.6. The second-order valence-corrected chi connectivity index (χ2v) is 6.63. The third-order valence-corrected chi connectivity index (χ3v) is 4.21. The Kier molecular flexibility index (Phi) is 4.81. The normalized spacial score (nSPS) is 21.6. The summed E-state index contributed by atoms with van der Waals surface area (Å²) in [6, 6.07) is 10.8. The third kappa shape index (κ3) is 4.34. The van der Waals surface area contributed by atoms with E-state index in [0.717, 1.165) is 19.3 Å². The molecular formula is C17H26N2O. The van der Waals surface area contributed by atoms with Gasteiger partial charge in [0, 0.05) is 18.4 Å². The summed E-state index contributed by atoms with van der Waals surface area (Å²) in [5, 5.41) is 3.15. The Morgan fingerprint density at radius 2 is 2.00 bits per heavy atom. The highest BCUT2D eigenvalue weighted by Gasteiger charge is 2.39. The molecule has 1 aliphatic carbocycles. The van der Waals surface area contributed by atoms with Crippen LogP contribution in [0.25, 0.3) is 0 Å². The van der Waals surface area contributed by atoms with Crippen LogP contribution in [0, 0.1) is 5.41 Å². The number of benzene rings is 1. The Balaban J connectivity index is 1.72. The molecule has 0 aliphatic heterocycles. The molecule has 2 rings (SSSR count). The summed E-state index contributed by atoms with van der Waals surface area (Å²) >= 11 is 0. The number of carbonyl (C=O) groups is 1. The van der Waals surface area contributed by atoms with Crippen molar-refractivity contribution in [1.82, 2.24) is 5.32 Å². The van der Waals surface area contributed by atoms with E-state index in [4.69, 9.17) is 5.73 Å². The van der Waals surface area contributed by atoms with E-state index >= 15 is 0 Å². The van der Waals surface area contributed by atoms with Crippen LogP contribution < -0.4 is 11.1 Å². The van der Waals surface area contributed by atoms with Gasteiger partial charge >= 0.3 is 0 Å². The van der Waals surface area contributed by atoms with Crippen LogP contribution in [0.5, 0.6) is 0 Å². The van der Waals surface area contributed by atoms with E-state index in [2.05, 4.69) is 43.4 Å². The minimum Gasteiger partial charge on any atom is -0.353 e. The lowest BCUT2D eigenvalue weighted by Crippen LogP contribution is -2.28. The fraction of sp³-hybridized carbons (Fsp3) is 0.588. The summed E-state index contributed by atoms with van der Waals surface area (Å²) < 4.78 is 0. The largest absolute Gasteiger partial charge is 0.353 e. The molecule has 1 aromatic rings. The molecule has 3 nitrogen and oxygen atoms in total. The van der Waals surface area contributed by atoms with E-state index in [-0.39, 0.29) is 11.3 Å². The van der Waals surface area contributed by atoms with Crippen molar-refractivity contribution in [2.24, 2.45) is 11.1 Å². The van der Waals surface area contributed by atoms with Crippen molar-refractivity contribution >= 4 is 5.91 Å². The van der Waals surface area contributed by atoms with Crippen molar-refractivity contribution in [1.29, 1.82) is 0 Å². The molecule has 0 aromatic heterocycles. The second-order valence-electron chi connectivity index (χ2n) is 6.63. The minimum atomic E-state index is 0.161. The van der Waals surface area contributed by atoms with E-state index in [1.54, 1.807) is 0 Å². The van der Waals surface area contributed by atoms with Crippen LogP contribution in [0.4, 0.5) is 0 Å². The lowest BCUT2D eigenvalue weighted by molar-refractivity contribution is -0.121. The van der Waals surface area contributed by atoms with Crippen molar-refractivity contribution in [2.45, 2.75) is 51.5 Å². The fourth-order valence-electron chi connectivity index (χ4n) is 2.67. The standard InChI is InChI=1S/C17H26N2O/c1-17(2,10-11-18)9-8-16(20)19-15-12-14(15)13-6-4-3-5-7-13/h3-7,14-15H,8-12,18H2,1-2H3,(H,19,20). The van der Waals surface area contributed by atoms with Gasteiger partial charge in [0.2, 0.25) is 5.91 Å². The molecule has 2 unspecified atom stereocenters. The molecule has 110 valence electrons. The topological polar surface area (TPSA) is 55.1 Å². The van der Waals surface area contributed by atoms with Gasteiger partial charge in [0.05, 0.1) is 0 Å². The third-order valence-electron chi connectivity index (χ3n) is 4.21. The predicted octanol–water partition coefficient (Wildman–Crippen LogP) is 2.81. The number of nitrogens with two attached hydrogens (primary N) is 1. The highest BCUT2D eigenvalue weighted by molar-refractivity contribution is 5.76. The van der Waals surface area contributed by atoms with E-state index in [0.29, 0.717) is 24.9 Å². The Labute approximate surface area is 121 Å². The van der Waals surface area contributed by atoms with Gasteiger partial charge in [-0.2, -0.15) is 0 Å². The highest BCUT2D eigenvalue weighted by atomic mass is 16.1. The lowest BCUT2D eigenvalue weighted by Gasteiger charge is -2.23. The average Bonchev–Trinajstić information content (AvgIpc) is 3.17. The van der Waals surface area contributed by atoms with Crippen molar-refractivity contribution in [2.75, 3.05) is 6.54 Å². The average molecular weight is 274 g/mol. The smallest absolute Gasteiger partial charge is 0.220 e. The molecule has 0 bridgehead atoms. The van der Waals surface area contributed by atoms with Crippen molar-refractivity contribution in [3.8, 4) is 0 Å². The van der Waals surface area contributed by atoms with Gasteiger partial charge in [0.15, 0.2) is 0 Å². The molecular weight excluding hydrogens is 248 g/mol. The molecule has 0 radical (unpaired) electrons. The molecule has 1 amide bonds. The van der Waals surface area contributed by atoms with Crippen LogP contribution in [0.3, 0.4) is 0 Å². The van der Waals surface area contributed by atoms with Gasteiger partial charge in [-0.3, -0.25) is 4.79 Å². The van der Waals surface area contributed by atoms with Gasteiger partial charge in [0.25, 0.3) is 0 Å². The maximum Gasteiger partial charge on any atom is 0.220 e. The molecule has 1 fully saturated rings. The van der Waals surface area contributed by atoms with Gasteiger partial charge in [-0.25, -0.2) is 0 Å². The van der Waals surface area contributed by atoms with Crippen molar-refractivity contribution in [3.63, 3.8) is 0 Å². The summed E-state index contributed by atoms with van der Waals surface area (Å²) in [6.45, 7) is 5.04. The number of hydrogen-bond acceptors (Lipinski definition) is 2. The molecule has 0 spiro atoms. The first-order chi connectivity index (χ1) is 9.52. The summed E-state index contributed by atoms with van der Waals surface area (Å²) in [5.74, 6) is 0.690. The summed E-state index contributed by atoms with van der Waals surface area (Å²) in [4.78, 5) is 12.0. The zero-order chi connectivity index (χ0) is 14.6. The molecule has 0 saturated heterocycles. The molecule has 3 N–H and O–H groups in total. The minimum absolute atomic E-state index is 0.161. The summed E-state index contributed by atoms with van der Waals surface area (Å²) in [6.07, 6.45) is 3.54. The Morgan fingerprint density at radius 3 is 2.65 bits per heavy atom. The first-order valence-corrected chi connectivity index (χ1v) is 7.56. The van der Waals surface area contributed by atoms with Crippen LogP contribution in [-0.2, 0) is 4.79 Å². The van der Waals surface area contributed by atoms with Gasteiger partial charge in [-0.1, -0.05) is 44.2 Å². The fourth-order valence-corrected chi connectivity index (χ4v) is 2.67. The Bertz CT molecular complexity index is 442. The predicted molar refractivity (Wildman–Crippen MR) is 82.4 cm³/mol. The molecule has 0 heterocycles. The molecule has 20 heavy (non-hydrogen) atoms. The zero-order valence-electron chi connectivity index (χ0n) is 12.6. The van der Waals surface area contributed by atoms with E-state index < -0.39 is 0 Å². The second kappa shape index (κ2) is 6.40. The van der Waals surface area contributed by atoms with E-state index in [1.165, 1.54) is 5.56 Å². The van der Waals surface area contributed by atoms with Crippen molar-refractivity contribution in [3.05, 3.63) is 35.9 Å². The van der Waals surface area contributed by atoms with Gasteiger partial charge in [0.1, 0.15) is 0 Å². The summed E-state index contributed by atoms with van der Waals surface area (Å²) in [5.41, 5.74) is 7.09. The van der Waals surface area contributed by atoms with Crippen molar-refractivity contribution < 1.29 is 4.79 Å². The first kappa shape index (κ1) is 15.0. The number of rotatable bonds is 7. The van der Waals surface area contributed by atoms with E-state index in [1.807, 2.05) is 6.07 Å². The van der Waals surface area contributed by atoms with Crippen LogP contribution in [0.15, 0.2) is 30.3 Å². The van der Waals surface area contributed by atoms with Crippen LogP contribution in [0.1, 0.15) is 51.0 Å².